The molecule has 2 aromatic heterocycles. The van der Waals surface area contributed by atoms with E-state index in [2.05, 4.69) is 59.4 Å². The molecule has 0 saturated heterocycles. The predicted molar refractivity (Wildman–Crippen MR) is 128 cm³/mol. The lowest BCUT2D eigenvalue weighted by Gasteiger charge is -2.37. The number of fused-ring (bicyclic) bond motifs is 2. The van der Waals surface area contributed by atoms with E-state index in [4.69, 9.17) is 19.2 Å². The van der Waals surface area contributed by atoms with Gasteiger partial charge in [0.2, 0.25) is 0 Å². The average molecular weight is 471 g/mol. The van der Waals surface area contributed by atoms with Gasteiger partial charge >= 0.3 is 12.0 Å². The standard InChI is InChI=1S/C25H38N6O3/c1-8-33-22-26-10-18-13-31(15-21(18)28-22)25(5,6)9-19(16-32-7)34-23-27-11-17-12-30(24(2,3)4)14-20(17)29-23/h10-11,19H,8-9,12-16H2,1-7H3. The highest BCUT2D eigenvalue weighted by Gasteiger charge is 2.36. The Kier molecular flexibility index (Phi) is 7.07. The number of hydrogen-bond donors (Lipinski definition) is 0. The SMILES string of the molecule is CCOc1ncc2c(n1)CN(C(C)(C)CC(COC)Oc1ncc3c(n1)CN(C(C)(C)C)C3)C2. The van der Waals surface area contributed by atoms with Crippen LogP contribution in [0.1, 0.15) is 70.5 Å². The fourth-order valence-corrected chi connectivity index (χ4v) is 4.58. The van der Waals surface area contributed by atoms with Crippen molar-refractivity contribution in [2.24, 2.45) is 0 Å². The van der Waals surface area contributed by atoms with E-state index in [1.54, 1.807) is 7.11 Å². The summed E-state index contributed by atoms with van der Waals surface area (Å²) in [4.78, 5) is 23.0. The molecule has 9 nitrogen and oxygen atoms in total. The van der Waals surface area contributed by atoms with Gasteiger partial charge in [-0.05, 0) is 41.5 Å². The summed E-state index contributed by atoms with van der Waals surface area (Å²) in [6.07, 6.45) is 4.37. The van der Waals surface area contributed by atoms with Crippen LogP contribution in [0.25, 0.3) is 0 Å². The van der Waals surface area contributed by atoms with Crippen molar-refractivity contribution < 1.29 is 14.2 Å². The summed E-state index contributed by atoms with van der Waals surface area (Å²) >= 11 is 0. The third kappa shape index (κ3) is 5.47. The second-order valence-electron chi connectivity index (χ2n) is 10.8. The summed E-state index contributed by atoms with van der Waals surface area (Å²) in [7, 11) is 1.70. The van der Waals surface area contributed by atoms with Gasteiger partial charge in [-0.2, -0.15) is 9.97 Å². The first-order valence-electron chi connectivity index (χ1n) is 12.1. The van der Waals surface area contributed by atoms with Crippen molar-refractivity contribution in [3.05, 3.63) is 34.9 Å². The fraction of sp³-hybridized carbons (Fsp3) is 0.680. The highest BCUT2D eigenvalue weighted by Crippen LogP contribution is 2.33. The zero-order chi connectivity index (χ0) is 24.5. The molecule has 186 valence electrons. The van der Waals surface area contributed by atoms with Gasteiger partial charge in [0, 0.05) is 74.3 Å². The fourth-order valence-electron chi connectivity index (χ4n) is 4.58. The van der Waals surface area contributed by atoms with Crippen LogP contribution < -0.4 is 9.47 Å². The van der Waals surface area contributed by atoms with Crippen LogP contribution in [0.15, 0.2) is 12.4 Å². The highest BCUT2D eigenvalue weighted by molar-refractivity contribution is 5.25. The monoisotopic (exact) mass is 470 g/mol. The Bertz CT molecular complexity index is 1010. The van der Waals surface area contributed by atoms with E-state index < -0.39 is 0 Å². The molecule has 1 atom stereocenters. The first-order valence-corrected chi connectivity index (χ1v) is 12.1. The van der Waals surface area contributed by atoms with Gasteiger partial charge in [0.25, 0.3) is 0 Å². The minimum absolute atomic E-state index is 0.0887. The van der Waals surface area contributed by atoms with Gasteiger partial charge < -0.3 is 14.2 Å². The molecule has 2 aromatic rings. The van der Waals surface area contributed by atoms with Crippen molar-refractivity contribution in [3.63, 3.8) is 0 Å². The lowest BCUT2D eigenvalue weighted by molar-refractivity contribution is 0.0165. The van der Waals surface area contributed by atoms with Crippen molar-refractivity contribution in [1.82, 2.24) is 29.7 Å². The molecule has 0 aromatic carbocycles. The molecule has 1 unspecified atom stereocenters. The van der Waals surface area contributed by atoms with E-state index in [0.29, 0.717) is 25.2 Å². The van der Waals surface area contributed by atoms with Crippen LogP contribution in [-0.4, -0.2) is 67.2 Å². The summed E-state index contributed by atoms with van der Waals surface area (Å²) in [6, 6.07) is 0.865. The van der Waals surface area contributed by atoms with Gasteiger partial charge in [-0.1, -0.05) is 0 Å². The van der Waals surface area contributed by atoms with Crippen LogP contribution in [0, 0.1) is 0 Å². The number of aromatic nitrogens is 4. The quantitative estimate of drug-likeness (QED) is 0.547. The summed E-state index contributed by atoms with van der Waals surface area (Å²) < 4.78 is 17.3. The van der Waals surface area contributed by atoms with E-state index in [1.807, 2.05) is 19.3 Å². The third-order valence-electron chi connectivity index (χ3n) is 6.70. The highest BCUT2D eigenvalue weighted by atomic mass is 16.5. The minimum atomic E-state index is -0.174. The normalized spacial score (nSPS) is 17.5. The van der Waals surface area contributed by atoms with Crippen molar-refractivity contribution in [2.75, 3.05) is 20.3 Å². The predicted octanol–water partition coefficient (Wildman–Crippen LogP) is 3.36. The van der Waals surface area contributed by atoms with Gasteiger partial charge in [0.15, 0.2) is 0 Å². The zero-order valence-electron chi connectivity index (χ0n) is 21.6. The summed E-state index contributed by atoms with van der Waals surface area (Å²) in [5.41, 5.74) is 4.33. The molecular weight excluding hydrogens is 432 g/mol. The van der Waals surface area contributed by atoms with Crippen LogP contribution in [0.4, 0.5) is 0 Å². The molecule has 0 aliphatic carbocycles. The number of nitrogens with zero attached hydrogens (tertiary/aromatic N) is 6. The molecule has 0 spiro atoms. The Hall–Kier alpha value is -2.36. The van der Waals surface area contributed by atoms with E-state index in [9.17, 15) is 0 Å². The van der Waals surface area contributed by atoms with Crippen molar-refractivity contribution in [2.45, 2.75) is 91.3 Å². The van der Waals surface area contributed by atoms with E-state index in [-0.39, 0.29) is 17.2 Å². The van der Waals surface area contributed by atoms with Crippen LogP contribution in [-0.2, 0) is 30.9 Å². The van der Waals surface area contributed by atoms with Gasteiger partial charge in [-0.25, -0.2) is 9.97 Å². The van der Waals surface area contributed by atoms with Gasteiger partial charge in [0.1, 0.15) is 6.10 Å². The maximum atomic E-state index is 6.28. The summed E-state index contributed by atoms with van der Waals surface area (Å²) in [5, 5.41) is 0. The second-order valence-corrected chi connectivity index (χ2v) is 10.8. The van der Waals surface area contributed by atoms with Crippen LogP contribution >= 0.6 is 0 Å². The molecule has 9 heteroatoms. The molecule has 34 heavy (non-hydrogen) atoms. The lowest BCUT2D eigenvalue weighted by atomic mass is 9.94. The zero-order valence-corrected chi connectivity index (χ0v) is 21.6. The van der Waals surface area contributed by atoms with Crippen LogP contribution in [0.5, 0.6) is 12.0 Å². The Labute approximate surface area is 202 Å². The van der Waals surface area contributed by atoms with Crippen molar-refractivity contribution in [1.29, 1.82) is 0 Å². The molecule has 4 heterocycles. The number of hydrogen-bond acceptors (Lipinski definition) is 9. The van der Waals surface area contributed by atoms with Crippen molar-refractivity contribution in [3.8, 4) is 12.0 Å². The second kappa shape index (κ2) is 9.71. The molecule has 0 radical (unpaired) electrons. The first-order chi connectivity index (χ1) is 16.1. The van der Waals surface area contributed by atoms with Crippen LogP contribution in [0.3, 0.4) is 0 Å². The Balaban J connectivity index is 1.42. The molecule has 4 rings (SSSR count). The summed E-state index contributed by atoms with van der Waals surface area (Å²) in [5.74, 6) is 0. The Morgan fingerprint density at radius 2 is 1.47 bits per heavy atom. The smallest absolute Gasteiger partial charge is 0.316 e. The maximum absolute atomic E-state index is 6.28. The van der Waals surface area contributed by atoms with Gasteiger partial charge in [0.05, 0.1) is 24.6 Å². The summed E-state index contributed by atoms with van der Waals surface area (Å²) in [6.45, 7) is 17.3. The topological polar surface area (TPSA) is 85.7 Å². The average Bonchev–Trinajstić information content (AvgIpc) is 3.38. The maximum Gasteiger partial charge on any atom is 0.316 e. The molecule has 0 fully saturated rings. The third-order valence-corrected chi connectivity index (χ3v) is 6.70. The molecule has 0 saturated carbocycles. The van der Waals surface area contributed by atoms with E-state index in [1.165, 1.54) is 5.56 Å². The molecule has 2 aliphatic rings. The molecule has 0 amide bonds. The Morgan fingerprint density at radius 1 is 0.882 bits per heavy atom. The van der Waals surface area contributed by atoms with Crippen molar-refractivity contribution >= 4 is 0 Å². The first kappa shape index (κ1) is 24.8. The Morgan fingerprint density at radius 3 is 2.09 bits per heavy atom. The van der Waals surface area contributed by atoms with Gasteiger partial charge in [-0.15, -0.1) is 0 Å². The largest absolute Gasteiger partial charge is 0.464 e. The molecule has 0 bridgehead atoms. The minimum Gasteiger partial charge on any atom is -0.464 e. The van der Waals surface area contributed by atoms with E-state index >= 15 is 0 Å². The number of methoxy groups -OCH3 is 1. The van der Waals surface area contributed by atoms with Crippen LogP contribution in [0.2, 0.25) is 0 Å². The molecule has 2 aliphatic heterocycles. The molecule has 0 N–H and O–H groups in total. The van der Waals surface area contributed by atoms with Gasteiger partial charge in [-0.3, -0.25) is 9.80 Å². The van der Waals surface area contributed by atoms with E-state index in [0.717, 1.165) is 49.6 Å². The lowest BCUT2D eigenvalue weighted by Crippen LogP contribution is -2.45. The number of rotatable bonds is 9. The number of ether oxygens (including phenoxy) is 3. The molecular formula is C25H38N6O3.